The van der Waals surface area contributed by atoms with E-state index in [-0.39, 0.29) is 23.7 Å². The Hall–Kier alpha value is -1.06. The Balaban J connectivity index is 4.20. The first kappa shape index (κ1) is 19.9. The Morgan fingerprint density at radius 3 is 1.86 bits per heavy atom. The normalized spacial score (nSPS) is 12.3. The molecule has 0 bridgehead atoms. The lowest BCUT2D eigenvalue weighted by atomic mass is 10.0. The van der Waals surface area contributed by atoms with Crippen molar-refractivity contribution in [1.29, 1.82) is 0 Å². The lowest BCUT2D eigenvalue weighted by Crippen LogP contribution is -2.37. The third-order valence-corrected chi connectivity index (χ3v) is 3.72. The molecule has 0 radical (unpaired) electrons. The summed E-state index contributed by atoms with van der Waals surface area (Å²) in [6, 6.07) is 0. The zero-order valence-electron chi connectivity index (χ0n) is 14.8. The zero-order chi connectivity index (χ0) is 16.4. The second-order valence-electron chi connectivity index (χ2n) is 6.28. The number of carbonyl (C=O) groups is 2. The summed E-state index contributed by atoms with van der Waals surface area (Å²) in [6.45, 7) is 12.5. The maximum absolute atomic E-state index is 12.4. The van der Waals surface area contributed by atoms with Crippen LogP contribution in [0, 0.1) is 11.8 Å². The van der Waals surface area contributed by atoms with Crippen molar-refractivity contribution < 1.29 is 9.59 Å². The van der Waals surface area contributed by atoms with E-state index in [4.69, 9.17) is 0 Å². The Morgan fingerprint density at radius 1 is 0.905 bits per heavy atom. The summed E-state index contributed by atoms with van der Waals surface area (Å²) in [5.41, 5.74) is 0. The minimum Gasteiger partial charge on any atom is -0.346 e. The molecule has 0 aromatic rings. The van der Waals surface area contributed by atoms with Gasteiger partial charge in [-0.3, -0.25) is 9.59 Å². The van der Waals surface area contributed by atoms with E-state index in [0.29, 0.717) is 0 Å². The van der Waals surface area contributed by atoms with Crippen LogP contribution in [0.5, 0.6) is 0 Å². The van der Waals surface area contributed by atoms with Crippen molar-refractivity contribution in [3.05, 3.63) is 0 Å². The van der Waals surface area contributed by atoms with E-state index < -0.39 is 0 Å². The van der Waals surface area contributed by atoms with Gasteiger partial charge < -0.3 is 9.80 Å². The highest BCUT2D eigenvalue weighted by molar-refractivity contribution is 5.78. The Morgan fingerprint density at radius 2 is 1.43 bits per heavy atom. The molecule has 4 heteroatoms. The minimum atomic E-state index is 0.0404. The molecule has 0 aromatic heterocycles. The third kappa shape index (κ3) is 7.49. The lowest BCUT2D eigenvalue weighted by molar-refractivity contribution is -0.135. The maximum Gasteiger partial charge on any atom is 0.225 e. The Kier molecular flexibility index (Phi) is 10.1. The molecule has 1 unspecified atom stereocenters. The molecule has 21 heavy (non-hydrogen) atoms. The first-order valence-corrected chi connectivity index (χ1v) is 8.38. The number of rotatable bonds is 10. The first-order valence-electron chi connectivity index (χ1n) is 8.38. The van der Waals surface area contributed by atoms with Crippen LogP contribution in [-0.4, -0.2) is 48.3 Å². The van der Waals surface area contributed by atoms with Crippen LogP contribution >= 0.6 is 0 Å². The van der Waals surface area contributed by atoms with Crippen LogP contribution in [0.2, 0.25) is 0 Å². The summed E-state index contributed by atoms with van der Waals surface area (Å²) < 4.78 is 0. The topological polar surface area (TPSA) is 40.6 Å². The van der Waals surface area contributed by atoms with E-state index in [0.717, 1.165) is 45.3 Å². The largest absolute Gasteiger partial charge is 0.346 e. The monoisotopic (exact) mass is 298 g/mol. The molecule has 0 N–H and O–H groups in total. The van der Waals surface area contributed by atoms with E-state index in [1.54, 1.807) is 4.90 Å². The fourth-order valence-corrected chi connectivity index (χ4v) is 2.49. The van der Waals surface area contributed by atoms with Gasteiger partial charge in [-0.05, 0) is 25.7 Å². The van der Waals surface area contributed by atoms with Crippen molar-refractivity contribution in [2.75, 3.05) is 26.7 Å². The third-order valence-electron chi connectivity index (χ3n) is 3.72. The quantitative estimate of drug-likeness (QED) is 0.621. The van der Waals surface area contributed by atoms with E-state index >= 15 is 0 Å². The molecular weight excluding hydrogens is 264 g/mol. The van der Waals surface area contributed by atoms with Crippen molar-refractivity contribution in [3.8, 4) is 0 Å². The molecule has 4 nitrogen and oxygen atoms in total. The summed E-state index contributed by atoms with van der Waals surface area (Å²) in [4.78, 5) is 27.9. The molecule has 0 saturated carbocycles. The maximum atomic E-state index is 12.4. The van der Waals surface area contributed by atoms with E-state index in [1.165, 1.54) is 0 Å². The predicted octanol–water partition coefficient (Wildman–Crippen LogP) is 3.17. The van der Waals surface area contributed by atoms with Crippen molar-refractivity contribution in [3.63, 3.8) is 0 Å². The van der Waals surface area contributed by atoms with Gasteiger partial charge in [0.05, 0.1) is 0 Å². The van der Waals surface area contributed by atoms with E-state index in [9.17, 15) is 9.59 Å². The average molecular weight is 298 g/mol. The molecule has 0 aliphatic rings. The molecule has 0 aliphatic carbocycles. The standard InChI is InChI=1S/C17H34N2O2/c1-7-11-19(12-8-2)17(21)15(5)10-9-13-18(6)16(20)14(3)4/h14-15H,7-13H2,1-6H3. The smallest absolute Gasteiger partial charge is 0.225 e. The Bertz CT molecular complexity index is 310. The highest BCUT2D eigenvalue weighted by atomic mass is 16.2. The molecule has 0 fully saturated rings. The van der Waals surface area contributed by atoms with Crippen LogP contribution in [0.25, 0.3) is 0 Å². The van der Waals surface area contributed by atoms with Crippen LogP contribution < -0.4 is 0 Å². The van der Waals surface area contributed by atoms with Gasteiger partial charge in [0.25, 0.3) is 0 Å². The van der Waals surface area contributed by atoms with E-state index in [1.807, 2.05) is 32.7 Å². The van der Waals surface area contributed by atoms with Crippen LogP contribution in [-0.2, 0) is 9.59 Å². The van der Waals surface area contributed by atoms with Crippen molar-refractivity contribution in [2.24, 2.45) is 11.8 Å². The highest BCUT2D eigenvalue weighted by Crippen LogP contribution is 2.12. The SMILES string of the molecule is CCCN(CCC)C(=O)C(C)CCCN(C)C(=O)C(C)C. The summed E-state index contributed by atoms with van der Waals surface area (Å²) in [5.74, 6) is 0.522. The van der Waals surface area contributed by atoms with Gasteiger partial charge in [-0.1, -0.05) is 34.6 Å². The molecule has 124 valence electrons. The van der Waals surface area contributed by atoms with Crippen LogP contribution in [0.1, 0.15) is 60.3 Å². The molecule has 0 heterocycles. The summed E-state index contributed by atoms with van der Waals surface area (Å²) >= 11 is 0. The van der Waals surface area contributed by atoms with Gasteiger partial charge in [-0.25, -0.2) is 0 Å². The van der Waals surface area contributed by atoms with Crippen LogP contribution in [0.15, 0.2) is 0 Å². The van der Waals surface area contributed by atoms with Gasteiger partial charge >= 0.3 is 0 Å². The molecule has 0 rings (SSSR count). The second-order valence-corrected chi connectivity index (χ2v) is 6.28. The van der Waals surface area contributed by atoms with Gasteiger partial charge in [0.1, 0.15) is 0 Å². The van der Waals surface area contributed by atoms with Crippen molar-refractivity contribution in [1.82, 2.24) is 9.80 Å². The van der Waals surface area contributed by atoms with Crippen molar-refractivity contribution >= 4 is 11.8 Å². The first-order chi connectivity index (χ1) is 9.84. The van der Waals surface area contributed by atoms with Crippen LogP contribution in [0.3, 0.4) is 0 Å². The van der Waals surface area contributed by atoms with Gasteiger partial charge in [-0.2, -0.15) is 0 Å². The van der Waals surface area contributed by atoms with E-state index in [2.05, 4.69) is 13.8 Å². The van der Waals surface area contributed by atoms with Gasteiger partial charge in [0.15, 0.2) is 0 Å². The summed E-state index contributed by atoms with van der Waals surface area (Å²) in [5, 5.41) is 0. The number of carbonyl (C=O) groups excluding carboxylic acids is 2. The predicted molar refractivity (Wildman–Crippen MR) is 88.0 cm³/mol. The average Bonchev–Trinajstić information content (AvgIpc) is 2.44. The zero-order valence-corrected chi connectivity index (χ0v) is 14.8. The molecule has 1 atom stereocenters. The molecule has 2 amide bonds. The molecule has 0 aromatic carbocycles. The van der Waals surface area contributed by atoms with Gasteiger partial charge in [0, 0.05) is 38.5 Å². The lowest BCUT2D eigenvalue weighted by Gasteiger charge is -2.25. The highest BCUT2D eigenvalue weighted by Gasteiger charge is 2.19. The van der Waals surface area contributed by atoms with Gasteiger partial charge in [0.2, 0.25) is 11.8 Å². The summed E-state index contributed by atoms with van der Waals surface area (Å²) in [6.07, 6.45) is 3.74. The minimum absolute atomic E-state index is 0.0404. The molecule has 0 spiro atoms. The number of hydrogen-bond acceptors (Lipinski definition) is 2. The fourth-order valence-electron chi connectivity index (χ4n) is 2.49. The number of amides is 2. The Labute approximate surface area is 130 Å². The van der Waals surface area contributed by atoms with Gasteiger partial charge in [-0.15, -0.1) is 0 Å². The molecular formula is C17H34N2O2. The number of hydrogen-bond donors (Lipinski definition) is 0. The molecule has 0 aliphatic heterocycles. The summed E-state index contributed by atoms with van der Waals surface area (Å²) in [7, 11) is 1.84. The molecule has 0 saturated heterocycles. The number of nitrogens with zero attached hydrogens (tertiary/aromatic N) is 2. The van der Waals surface area contributed by atoms with Crippen molar-refractivity contribution in [2.45, 2.75) is 60.3 Å². The second kappa shape index (κ2) is 10.6. The fraction of sp³-hybridized carbons (Fsp3) is 0.882. The van der Waals surface area contributed by atoms with Crippen LogP contribution in [0.4, 0.5) is 0 Å².